The lowest BCUT2D eigenvalue weighted by Gasteiger charge is -2.38. The van der Waals surface area contributed by atoms with E-state index < -0.39 is 0 Å². The van der Waals surface area contributed by atoms with Crippen molar-refractivity contribution in [2.45, 2.75) is 19.3 Å². The summed E-state index contributed by atoms with van der Waals surface area (Å²) in [6.45, 7) is 4.08. The summed E-state index contributed by atoms with van der Waals surface area (Å²) in [5, 5.41) is 0. The van der Waals surface area contributed by atoms with Crippen LogP contribution in [0.2, 0.25) is 0 Å². The number of ether oxygens (including phenoxy) is 1. The second kappa shape index (κ2) is 5.68. The molecule has 114 valence electrons. The maximum atomic E-state index is 12.7. The van der Waals surface area contributed by atoms with Crippen molar-refractivity contribution in [2.75, 3.05) is 40.3 Å². The number of likely N-dealkylation sites (tertiary alicyclic amines) is 2. The number of methoxy groups -OCH3 is 1. The summed E-state index contributed by atoms with van der Waals surface area (Å²) in [6.07, 6.45) is 3.63. The Morgan fingerprint density at radius 3 is 2.86 bits per heavy atom. The predicted molar refractivity (Wildman–Crippen MR) is 82.7 cm³/mol. The number of rotatable bonds is 2. The Balaban J connectivity index is 1.72. The third-order valence-electron chi connectivity index (χ3n) is 4.89. The number of piperidine rings is 1. The monoisotopic (exact) mass is 288 g/mol. The van der Waals surface area contributed by atoms with Gasteiger partial charge >= 0.3 is 0 Å². The fourth-order valence-corrected chi connectivity index (χ4v) is 3.83. The molecule has 3 rings (SSSR count). The summed E-state index contributed by atoms with van der Waals surface area (Å²) in [6, 6.07) is 7.47. The summed E-state index contributed by atoms with van der Waals surface area (Å²) < 4.78 is 5.21. The van der Waals surface area contributed by atoms with Gasteiger partial charge in [-0.1, -0.05) is 6.07 Å². The highest BCUT2D eigenvalue weighted by Crippen LogP contribution is 2.39. The van der Waals surface area contributed by atoms with Gasteiger partial charge in [0.25, 0.3) is 5.91 Å². The Hall–Kier alpha value is -1.55. The third-order valence-corrected chi connectivity index (χ3v) is 4.89. The van der Waals surface area contributed by atoms with Crippen molar-refractivity contribution in [3.63, 3.8) is 0 Å². The minimum atomic E-state index is 0.138. The Labute approximate surface area is 126 Å². The minimum Gasteiger partial charge on any atom is -0.497 e. The van der Waals surface area contributed by atoms with Gasteiger partial charge in [0.15, 0.2) is 0 Å². The average Bonchev–Trinajstić information content (AvgIpc) is 2.89. The number of benzene rings is 1. The van der Waals surface area contributed by atoms with Gasteiger partial charge in [-0.2, -0.15) is 0 Å². The molecule has 4 nitrogen and oxygen atoms in total. The van der Waals surface area contributed by atoms with Crippen LogP contribution in [-0.4, -0.2) is 56.0 Å². The van der Waals surface area contributed by atoms with E-state index in [1.807, 2.05) is 29.2 Å². The van der Waals surface area contributed by atoms with Crippen LogP contribution in [0.5, 0.6) is 5.75 Å². The van der Waals surface area contributed by atoms with Crippen molar-refractivity contribution >= 4 is 5.91 Å². The van der Waals surface area contributed by atoms with Crippen molar-refractivity contribution < 1.29 is 9.53 Å². The molecule has 1 unspecified atom stereocenters. The van der Waals surface area contributed by atoms with Gasteiger partial charge in [-0.05, 0) is 51.1 Å². The second-order valence-electron chi connectivity index (χ2n) is 6.55. The third kappa shape index (κ3) is 2.91. The van der Waals surface area contributed by atoms with Crippen molar-refractivity contribution in [2.24, 2.45) is 5.41 Å². The number of amides is 1. The van der Waals surface area contributed by atoms with Gasteiger partial charge in [0.2, 0.25) is 0 Å². The molecule has 0 N–H and O–H groups in total. The predicted octanol–water partition coefficient (Wildman–Crippen LogP) is 2.25. The Bertz CT molecular complexity index is 531. The molecule has 2 aliphatic heterocycles. The number of carbonyl (C=O) groups excluding carboxylic acids is 1. The van der Waals surface area contributed by atoms with Gasteiger partial charge in [0.1, 0.15) is 5.75 Å². The molecule has 21 heavy (non-hydrogen) atoms. The maximum Gasteiger partial charge on any atom is 0.254 e. The molecule has 1 aromatic rings. The molecule has 1 spiro atoms. The summed E-state index contributed by atoms with van der Waals surface area (Å²) >= 11 is 0. The van der Waals surface area contributed by atoms with Crippen LogP contribution >= 0.6 is 0 Å². The van der Waals surface area contributed by atoms with E-state index in [-0.39, 0.29) is 5.91 Å². The van der Waals surface area contributed by atoms with Crippen LogP contribution < -0.4 is 4.74 Å². The zero-order valence-corrected chi connectivity index (χ0v) is 13.0. The summed E-state index contributed by atoms with van der Waals surface area (Å²) in [7, 11) is 3.82. The molecule has 0 bridgehead atoms. The molecule has 2 aliphatic rings. The van der Waals surface area contributed by atoms with E-state index in [1.54, 1.807) is 7.11 Å². The maximum absolute atomic E-state index is 12.7. The van der Waals surface area contributed by atoms with Crippen molar-refractivity contribution in [1.29, 1.82) is 0 Å². The molecule has 1 aromatic carbocycles. The lowest BCUT2D eigenvalue weighted by molar-refractivity contribution is 0.0722. The first-order chi connectivity index (χ1) is 10.1. The van der Waals surface area contributed by atoms with Crippen LogP contribution in [0.15, 0.2) is 24.3 Å². The molecule has 2 saturated heterocycles. The van der Waals surface area contributed by atoms with Gasteiger partial charge in [0.05, 0.1) is 7.11 Å². The average molecular weight is 288 g/mol. The largest absolute Gasteiger partial charge is 0.497 e. The van der Waals surface area contributed by atoms with Gasteiger partial charge in [-0.3, -0.25) is 4.79 Å². The van der Waals surface area contributed by atoms with Crippen molar-refractivity contribution in [3.05, 3.63) is 29.8 Å². The van der Waals surface area contributed by atoms with E-state index in [2.05, 4.69) is 11.9 Å². The van der Waals surface area contributed by atoms with Crippen LogP contribution in [-0.2, 0) is 0 Å². The highest BCUT2D eigenvalue weighted by atomic mass is 16.5. The van der Waals surface area contributed by atoms with Crippen molar-refractivity contribution in [1.82, 2.24) is 9.80 Å². The van der Waals surface area contributed by atoms with Crippen LogP contribution in [0.3, 0.4) is 0 Å². The highest BCUT2D eigenvalue weighted by Gasteiger charge is 2.42. The lowest BCUT2D eigenvalue weighted by atomic mass is 9.79. The molecular formula is C17H24N2O2. The molecule has 2 heterocycles. The minimum absolute atomic E-state index is 0.138. The standard InChI is InChI=1S/C17H24N2O2/c1-18-9-4-7-17(12-18)8-10-19(13-17)16(20)14-5-3-6-15(11-14)21-2/h3,5-6,11H,4,7-10,12-13H2,1-2H3. The normalized spacial score (nSPS) is 26.3. The first kappa shape index (κ1) is 14.4. The number of carbonyl (C=O) groups is 1. The molecule has 2 fully saturated rings. The van der Waals surface area contributed by atoms with Crippen LogP contribution in [0.25, 0.3) is 0 Å². The number of nitrogens with zero attached hydrogens (tertiary/aromatic N) is 2. The van der Waals surface area contributed by atoms with Gasteiger partial charge < -0.3 is 14.5 Å². The first-order valence-electron chi connectivity index (χ1n) is 7.74. The Morgan fingerprint density at radius 2 is 2.10 bits per heavy atom. The zero-order valence-electron chi connectivity index (χ0n) is 13.0. The molecule has 0 aliphatic carbocycles. The molecule has 1 atom stereocenters. The van der Waals surface area contributed by atoms with E-state index in [4.69, 9.17) is 4.74 Å². The number of hydrogen-bond acceptors (Lipinski definition) is 3. The molecule has 0 aromatic heterocycles. The van der Waals surface area contributed by atoms with E-state index in [1.165, 1.54) is 19.4 Å². The van der Waals surface area contributed by atoms with Crippen LogP contribution in [0.4, 0.5) is 0 Å². The molecule has 1 amide bonds. The van der Waals surface area contributed by atoms with E-state index in [9.17, 15) is 4.79 Å². The topological polar surface area (TPSA) is 32.8 Å². The van der Waals surface area contributed by atoms with Crippen molar-refractivity contribution in [3.8, 4) is 5.75 Å². The lowest BCUT2D eigenvalue weighted by Crippen LogP contribution is -2.43. The number of hydrogen-bond donors (Lipinski definition) is 0. The highest BCUT2D eigenvalue weighted by molar-refractivity contribution is 5.94. The van der Waals surface area contributed by atoms with Crippen LogP contribution in [0, 0.1) is 5.41 Å². The first-order valence-corrected chi connectivity index (χ1v) is 7.74. The molecule has 0 radical (unpaired) electrons. The second-order valence-corrected chi connectivity index (χ2v) is 6.55. The van der Waals surface area contributed by atoms with Crippen LogP contribution in [0.1, 0.15) is 29.6 Å². The molecular weight excluding hydrogens is 264 g/mol. The van der Waals surface area contributed by atoms with Gasteiger partial charge in [0, 0.05) is 30.6 Å². The van der Waals surface area contributed by atoms with E-state index in [0.29, 0.717) is 5.41 Å². The fourth-order valence-electron chi connectivity index (χ4n) is 3.83. The zero-order chi connectivity index (χ0) is 14.9. The SMILES string of the molecule is COc1cccc(C(=O)N2CCC3(CCCN(C)C3)C2)c1. The smallest absolute Gasteiger partial charge is 0.254 e. The summed E-state index contributed by atoms with van der Waals surface area (Å²) in [4.78, 5) is 17.1. The fraction of sp³-hybridized carbons (Fsp3) is 0.588. The van der Waals surface area contributed by atoms with Gasteiger partial charge in [-0.15, -0.1) is 0 Å². The molecule has 0 saturated carbocycles. The van der Waals surface area contributed by atoms with E-state index in [0.717, 1.165) is 37.4 Å². The Morgan fingerprint density at radius 1 is 1.24 bits per heavy atom. The van der Waals surface area contributed by atoms with Gasteiger partial charge in [-0.25, -0.2) is 0 Å². The Kier molecular flexibility index (Phi) is 3.89. The summed E-state index contributed by atoms with van der Waals surface area (Å²) in [5.74, 6) is 0.881. The van der Waals surface area contributed by atoms with E-state index >= 15 is 0 Å². The summed E-state index contributed by atoms with van der Waals surface area (Å²) in [5.41, 5.74) is 1.05. The molecule has 4 heteroatoms. The quantitative estimate of drug-likeness (QED) is 0.837.